The standard InChI is InChI=1S/C14H9Cl2F3O/c15-8-2-1-7(10(16)6-8)5-12(20)9-3-4-11(17)14(19)13(9)18/h1-4,6,12,20H,5H2. The van der Waals surface area contributed by atoms with E-state index in [2.05, 4.69) is 0 Å². The number of aliphatic hydroxyl groups excluding tert-OH is 1. The Morgan fingerprint density at radius 1 is 1.00 bits per heavy atom. The third kappa shape index (κ3) is 3.08. The van der Waals surface area contributed by atoms with E-state index < -0.39 is 23.6 Å². The predicted octanol–water partition coefficient (Wildman–Crippen LogP) is 4.69. The van der Waals surface area contributed by atoms with Gasteiger partial charge in [0.25, 0.3) is 0 Å². The summed E-state index contributed by atoms with van der Waals surface area (Å²) in [4.78, 5) is 0. The fraction of sp³-hybridized carbons (Fsp3) is 0.143. The Morgan fingerprint density at radius 3 is 2.35 bits per heavy atom. The minimum atomic E-state index is -1.61. The van der Waals surface area contributed by atoms with Crippen LogP contribution in [0.1, 0.15) is 17.2 Å². The van der Waals surface area contributed by atoms with Crippen LogP contribution in [0.5, 0.6) is 0 Å². The Bertz CT molecular complexity index is 647. The zero-order valence-electron chi connectivity index (χ0n) is 10.0. The maximum absolute atomic E-state index is 13.6. The molecular formula is C14H9Cl2F3O. The normalized spacial score (nSPS) is 12.5. The van der Waals surface area contributed by atoms with Crippen molar-refractivity contribution in [1.82, 2.24) is 0 Å². The van der Waals surface area contributed by atoms with Gasteiger partial charge in [0.2, 0.25) is 0 Å². The highest BCUT2D eigenvalue weighted by Crippen LogP contribution is 2.28. The molecule has 20 heavy (non-hydrogen) atoms. The molecule has 0 aliphatic carbocycles. The van der Waals surface area contributed by atoms with Crippen LogP contribution in [-0.2, 0) is 6.42 Å². The van der Waals surface area contributed by atoms with Gasteiger partial charge in [-0.1, -0.05) is 35.3 Å². The van der Waals surface area contributed by atoms with Crippen LogP contribution in [0.15, 0.2) is 30.3 Å². The van der Waals surface area contributed by atoms with Crippen molar-refractivity contribution < 1.29 is 18.3 Å². The van der Waals surface area contributed by atoms with Crippen LogP contribution >= 0.6 is 23.2 Å². The van der Waals surface area contributed by atoms with Gasteiger partial charge in [-0.15, -0.1) is 0 Å². The first kappa shape index (κ1) is 15.2. The van der Waals surface area contributed by atoms with Gasteiger partial charge in [-0.2, -0.15) is 0 Å². The molecule has 1 nitrogen and oxygen atoms in total. The van der Waals surface area contributed by atoms with Crippen molar-refractivity contribution >= 4 is 23.2 Å². The molecule has 1 atom stereocenters. The number of halogens is 5. The van der Waals surface area contributed by atoms with Gasteiger partial charge in [0.05, 0.1) is 6.10 Å². The van der Waals surface area contributed by atoms with E-state index >= 15 is 0 Å². The van der Waals surface area contributed by atoms with E-state index in [1.807, 2.05) is 0 Å². The minimum Gasteiger partial charge on any atom is -0.388 e. The van der Waals surface area contributed by atoms with E-state index in [0.717, 1.165) is 12.1 Å². The van der Waals surface area contributed by atoms with Crippen molar-refractivity contribution in [1.29, 1.82) is 0 Å². The SMILES string of the molecule is OC(Cc1ccc(Cl)cc1Cl)c1ccc(F)c(F)c1F. The molecule has 0 bridgehead atoms. The van der Waals surface area contributed by atoms with Crippen LogP contribution in [-0.4, -0.2) is 5.11 Å². The van der Waals surface area contributed by atoms with Crippen molar-refractivity contribution in [2.75, 3.05) is 0 Å². The molecule has 0 saturated heterocycles. The minimum absolute atomic E-state index is 0.0437. The van der Waals surface area contributed by atoms with Gasteiger partial charge in [0, 0.05) is 22.0 Å². The summed E-state index contributed by atoms with van der Waals surface area (Å²) in [7, 11) is 0. The fourth-order valence-corrected chi connectivity index (χ4v) is 2.29. The highest BCUT2D eigenvalue weighted by molar-refractivity contribution is 6.35. The first-order chi connectivity index (χ1) is 9.40. The zero-order chi connectivity index (χ0) is 14.9. The second kappa shape index (κ2) is 6.04. The Kier molecular flexibility index (Phi) is 4.58. The third-order valence-corrected chi connectivity index (χ3v) is 3.44. The topological polar surface area (TPSA) is 20.2 Å². The Hall–Kier alpha value is -1.23. The van der Waals surface area contributed by atoms with Crippen molar-refractivity contribution in [3.63, 3.8) is 0 Å². The van der Waals surface area contributed by atoms with Crippen LogP contribution in [0.25, 0.3) is 0 Å². The summed E-state index contributed by atoms with van der Waals surface area (Å²) >= 11 is 11.7. The molecule has 6 heteroatoms. The molecule has 0 aliphatic rings. The molecule has 0 aliphatic heterocycles. The van der Waals surface area contributed by atoms with E-state index in [4.69, 9.17) is 23.2 Å². The lowest BCUT2D eigenvalue weighted by molar-refractivity contribution is 0.172. The highest BCUT2D eigenvalue weighted by Gasteiger charge is 2.20. The quantitative estimate of drug-likeness (QED) is 0.814. The molecule has 1 N–H and O–H groups in total. The average molecular weight is 321 g/mol. The molecule has 2 aromatic rings. The van der Waals surface area contributed by atoms with Crippen molar-refractivity contribution in [3.8, 4) is 0 Å². The van der Waals surface area contributed by atoms with Crippen molar-refractivity contribution in [2.24, 2.45) is 0 Å². The Morgan fingerprint density at radius 2 is 1.70 bits per heavy atom. The second-order valence-electron chi connectivity index (χ2n) is 4.22. The van der Waals surface area contributed by atoms with E-state index in [9.17, 15) is 18.3 Å². The Balaban J connectivity index is 2.28. The van der Waals surface area contributed by atoms with E-state index in [0.29, 0.717) is 15.6 Å². The molecule has 0 amide bonds. The van der Waals surface area contributed by atoms with Gasteiger partial charge in [0.1, 0.15) is 0 Å². The molecule has 0 aromatic heterocycles. The maximum atomic E-state index is 13.6. The number of rotatable bonds is 3. The van der Waals surface area contributed by atoms with Crippen LogP contribution in [0.3, 0.4) is 0 Å². The molecule has 0 fully saturated rings. The molecule has 0 spiro atoms. The van der Waals surface area contributed by atoms with Gasteiger partial charge in [-0.3, -0.25) is 0 Å². The molecule has 1 unspecified atom stereocenters. The Labute approximate surface area is 123 Å². The summed E-state index contributed by atoms with van der Waals surface area (Å²) in [6, 6.07) is 6.39. The van der Waals surface area contributed by atoms with E-state index in [1.54, 1.807) is 12.1 Å². The maximum Gasteiger partial charge on any atom is 0.194 e. The number of benzene rings is 2. The third-order valence-electron chi connectivity index (χ3n) is 2.85. The summed E-state index contributed by atoms with van der Waals surface area (Å²) in [6.45, 7) is 0. The van der Waals surface area contributed by atoms with E-state index in [-0.39, 0.29) is 12.0 Å². The van der Waals surface area contributed by atoms with Gasteiger partial charge in [-0.05, 0) is 23.8 Å². The molecule has 0 radical (unpaired) electrons. The lowest BCUT2D eigenvalue weighted by atomic mass is 10.0. The largest absolute Gasteiger partial charge is 0.388 e. The predicted molar refractivity (Wildman–Crippen MR) is 71.4 cm³/mol. The number of hydrogen-bond acceptors (Lipinski definition) is 1. The lowest BCUT2D eigenvalue weighted by Gasteiger charge is -2.13. The van der Waals surface area contributed by atoms with Crippen LogP contribution in [0, 0.1) is 17.5 Å². The lowest BCUT2D eigenvalue weighted by Crippen LogP contribution is -2.07. The molecule has 2 rings (SSSR count). The average Bonchev–Trinajstić information content (AvgIpc) is 2.39. The summed E-state index contributed by atoms with van der Waals surface area (Å²) < 4.78 is 39.5. The molecule has 2 aromatic carbocycles. The number of hydrogen-bond donors (Lipinski definition) is 1. The molecule has 0 saturated carbocycles. The summed E-state index contributed by atoms with van der Waals surface area (Å²) in [5.41, 5.74) is 0.197. The van der Waals surface area contributed by atoms with Crippen molar-refractivity contribution in [3.05, 3.63) is 69.0 Å². The molecule has 0 heterocycles. The number of aliphatic hydroxyl groups is 1. The van der Waals surface area contributed by atoms with Gasteiger partial charge >= 0.3 is 0 Å². The van der Waals surface area contributed by atoms with Gasteiger partial charge in [0.15, 0.2) is 17.5 Å². The van der Waals surface area contributed by atoms with Crippen molar-refractivity contribution in [2.45, 2.75) is 12.5 Å². The monoisotopic (exact) mass is 320 g/mol. The fourth-order valence-electron chi connectivity index (χ4n) is 1.80. The van der Waals surface area contributed by atoms with E-state index in [1.165, 1.54) is 6.07 Å². The summed E-state index contributed by atoms with van der Waals surface area (Å²) in [6.07, 6.45) is -1.39. The highest BCUT2D eigenvalue weighted by atomic mass is 35.5. The van der Waals surface area contributed by atoms with Gasteiger partial charge in [-0.25, -0.2) is 13.2 Å². The second-order valence-corrected chi connectivity index (χ2v) is 5.06. The summed E-state index contributed by atoms with van der Waals surface area (Å²) in [5, 5.41) is 10.7. The van der Waals surface area contributed by atoms with Gasteiger partial charge < -0.3 is 5.11 Å². The van der Waals surface area contributed by atoms with Crippen LogP contribution in [0.4, 0.5) is 13.2 Å². The summed E-state index contributed by atoms with van der Waals surface area (Å²) in [5.74, 6) is -4.31. The first-order valence-corrected chi connectivity index (χ1v) is 6.41. The smallest absolute Gasteiger partial charge is 0.194 e. The van der Waals surface area contributed by atoms with Crippen LogP contribution < -0.4 is 0 Å². The van der Waals surface area contributed by atoms with Crippen LogP contribution in [0.2, 0.25) is 10.0 Å². The molecule has 106 valence electrons. The first-order valence-electron chi connectivity index (χ1n) is 5.65. The zero-order valence-corrected chi connectivity index (χ0v) is 11.5. The molecular weight excluding hydrogens is 312 g/mol.